The molecule has 0 bridgehead atoms. The Balaban J connectivity index is 0.00000156. The lowest BCUT2D eigenvalue weighted by Crippen LogP contribution is -2.19. The van der Waals surface area contributed by atoms with Gasteiger partial charge in [0.25, 0.3) is 0 Å². The topological polar surface area (TPSA) is 66.2 Å². The fourth-order valence-electron chi connectivity index (χ4n) is 3.09. The third-order valence-electron chi connectivity index (χ3n) is 4.12. The Morgan fingerprint density at radius 2 is 1.91 bits per heavy atom. The first kappa shape index (κ1) is 15.4. The molecule has 0 atom stereocenters. The van der Waals surface area contributed by atoms with E-state index in [0.717, 1.165) is 41.4 Å². The van der Waals surface area contributed by atoms with Crippen LogP contribution < -0.4 is 11.1 Å². The Morgan fingerprint density at radius 1 is 1.09 bits per heavy atom. The van der Waals surface area contributed by atoms with E-state index < -0.39 is 0 Å². The molecule has 5 heteroatoms. The van der Waals surface area contributed by atoms with Gasteiger partial charge in [-0.3, -0.25) is 4.99 Å². The summed E-state index contributed by atoms with van der Waals surface area (Å²) in [5.41, 5.74) is 12.4. The van der Waals surface area contributed by atoms with Crippen LogP contribution in [-0.2, 0) is 0 Å². The molecule has 1 aliphatic heterocycles. The SMILES string of the molecule is Cc1[nH]c2ccc(-c3cccc(N)c3)cc2c1C1=NCCN1.Cl. The van der Waals surface area contributed by atoms with Crippen molar-refractivity contribution in [3.63, 3.8) is 0 Å². The number of anilines is 1. The lowest BCUT2D eigenvalue weighted by molar-refractivity contribution is 0.960. The summed E-state index contributed by atoms with van der Waals surface area (Å²) in [4.78, 5) is 8.02. The molecular weight excluding hydrogens is 308 g/mol. The third-order valence-corrected chi connectivity index (χ3v) is 4.12. The predicted octanol–water partition coefficient (Wildman–Crippen LogP) is 3.50. The third kappa shape index (κ3) is 2.66. The molecule has 0 amide bonds. The van der Waals surface area contributed by atoms with Crippen molar-refractivity contribution in [3.05, 3.63) is 53.7 Å². The zero-order chi connectivity index (χ0) is 15.1. The predicted molar refractivity (Wildman–Crippen MR) is 99.5 cm³/mol. The van der Waals surface area contributed by atoms with Crippen LogP contribution in [0, 0.1) is 6.92 Å². The van der Waals surface area contributed by atoms with Crippen LogP contribution in [0.4, 0.5) is 5.69 Å². The van der Waals surface area contributed by atoms with E-state index in [1.54, 1.807) is 0 Å². The summed E-state index contributed by atoms with van der Waals surface area (Å²) in [5.74, 6) is 0.994. The normalized spacial score (nSPS) is 13.5. The first-order valence-corrected chi connectivity index (χ1v) is 7.49. The van der Waals surface area contributed by atoms with Crippen molar-refractivity contribution in [3.8, 4) is 11.1 Å². The molecule has 2 aromatic carbocycles. The lowest BCUT2D eigenvalue weighted by Gasteiger charge is -2.06. The zero-order valence-electron chi connectivity index (χ0n) is 12.9. The molecular formula is C18H19ClN4. The smallest absolute Gasteiger partial charge is 0.130 e. The molecule has 0 saturated heterocycles. The summed E-state index contributed by atoms with van der Waals surface area (Å²) in [7, 11) is 0. The molecule has 0 spiro atoms. The number of halogens is 1. The minimum atomic E-state index is 0. The Bertz CT molecular complexity index is 895. The lowest BCUT2D eigenvalue weighted by atomic mass is 10.0. The van der Waals surface area contributed by atoms with Crippen LogP contribution in [0.1, 0.15) is 11.3 Å². The number of benzene rings is 2. The van der Waals surface area contributed by atoms with Crippen molar-refractivity contribution in [2.75, 3.05) is 18.8 Å². The molecule has 4 N–H and O–H groups in total. The largest absolute Gasteiger partial charge is 0.399 e. The van der Waals surface area contributed by atoms with Crippen LogP contribution in [0.3, 0.4) is 0 Å². The number of fused-ring (bicyclic) bond motifs is 1. The van der Waals surface area contributed by atoms with E-state index in [1.165, 1.54) is 16.5 Å². The highest BCUT2D eigenvalue weighted by molar-refractivity contribution is 6.12. The minimum absolute atomic E-state index is 0. The van der Waals surface area contributed by atoms with Crippen LogP contribution in [0.25, 0.3) is 22.0 Å². The van der Waals surface area contributed by atoms with Gasteiger partial charge in [0.15, 0.2) is 0 Å². The summed E-state index contributed by atoms with van der Waals surface area (Å²) in [6, 6.07) is 14.5. The van der Waals surface area contributed by atoms with E-state index in [-0.39, 0.29) is 12.4 Å². The van der Waals surface area contributed by atoms with Gasteiger partial charge in [0.1, 0.15) is 5.84 Å². The number of nitrogen functional groups attached to an aromatic ring is 1. The molecule has 0 radical (unpaired) electrons. The van der Waals surface area contributed by atoms with Gasteiger partial charge in [0, 0.05) is 34.4 Å². The Morgan fingerprint density at radius 3 is 2.65 bits per heavy atom. The number of aromatic amines is 1. The maximum Gasteiger partial charge on any atom is 0.130 e. The number of nitrogens with zero attached hydrogens (tertiary/aromatic N) is 1. The van der Waals surface area contributed by atoms with Crippen molar-refractivity contribution in [1.82, 2.24) is 10.3 Å². The molecule has 0 saturated carbocycles. The van der Waals surface area contributed by atoms with Crippen molar-refractivity contribution < 1.29 is 0 Å². The van der Waals surface area contributed by atoms with Gasteiger partial charge >= 0.3 is 0 Å². The molecule has 23 heavy (non-hydrogen) atoms. The van der Waals surface area contributed by atoms with E-state index in [1.807, 2.05) is 18.2 Å². The second kappa shape index (κ2) is 5.97. The molecule has 2 heterocycles. The molecule has 3 aromatic rings. The maximum atomic E-state index is 5.91. The van der Waals surface area contributed by atoms with E-state index in [9.17, 15) is 0 Å². The number of hydrogen-bond acceptors (Lipinski definition) is 3. The highest BCUT2D eigenvalue weighted by Gasteiger charge is 2.17. The first-order valence-electron chi connectivity index (χ1n) is 7.49. The number of aromatic nitrogens is 1. The van der Waals surface area contributed by atoms with Crippen LogP contribution in [0.15, 0.2) is 47.5 Å². The van der Waals surface area contributed by atoms with Crippen molar-refractivity contribution in [1.29, 1.82) is 0 Å². The molecule has 1 aliphatic rings. The van der Waals surface area contributed by atoms with Crippen LogP contribution in [-0.4, -0.2) is 23.9 Å². The second-order valence-electron chi connectivity index (χ2n) is 5.67. The van der Waals surface area contributed by atoms with Gasteiger partial charge in [-0.25, -0.2) is 0 Å². The highest BCUT2D eigenvalue weighted by Crippen LogP contribution is 2.29. The number of rotatable bonds is 2. The maximum absolute atomic E-state index is 5.91. The van der Waals surface area contributed by atoms with Gasteiger partial charge in [-0.1, -0.05) is 18.2 Å². The molecule has 4 rings (SSSR count). The highest BCUT2D eigenvalue weighted by atomic mass is 35.5. The monoisotopic (exact) mass is 326 g/mol. The summed E-state index contributed by atoms with van der Waals surface area (Å²) in [6.45, 7) is 3.85. The van der Waals surface area contributed by atoms with E-state index >= 15 is 0 Å². The molecule has 1 aromatic heterocycles. The average molecular weight is 327 g/mol. The van der Waals surface area contributed by atoms with Gasteiger partial charge in [-0.05, 0) is 42.3 Å². The number of nitrogens with one attached hydrogen (secondary N) is 2. The number of amidine groups is 1. The Labute approximate surface area is 141 Å². The van der Waals surface area contributed by atoms with Gasteiger partial charge in [-0.2, -0.15) is 0 Å². The standard InChI is InChI=1S/C18H18N4.ClH/c1-11-17(18-20-7-8-21-18)15-10-13(5-6-16(15)22-11)12-3-2-4-14(19)9-12;/h2-6,9-10,22H,7-8,19H2,1H3,(H,20,21);1H. The molecule has 118 valence electrons. The second-order valence-corrected chi connectivity index (χ2v) is 5.67. The quantitative estimate of drug-likeness (QED) is 0.631. The molecule has 0 unspecified atom stereocenters. The van der Waals surface area contributed by atoms with E-state index in [4.69, 9.17) is 5.73 Å². The minimum Gasteiger partial charge on any atom is -0.399 e. The average Bonchev–Trinajstić information content (AvgIpc) is 3.12. The van der Waals surface area contributed by atoms with Gasteiger partial charge in [0.05, 0.1) is 6.54 Å². The fraction of sp³-hybridized carbons (Fsp3) is 0.167. The van der Waals surface area contributed by atoms with Crippen molar-refractivity contribution >= 4 is 34.8 Å². The Hall–Kier alpha value is -2.46. The summed E-state index contributed by atoms with van der Waals surface area (Å²) in [5, 5.41) is 4.57. The number of hydrogen-bond donors (Lipinski definition) is 3. The van der Waals surface area contributed by atoms with Crippen LogP contribution in [0.5, 0.6) is 0 Å². The molecule has 0 aliphatic carbocycles. The van der Waals surface area contributed by atoms with Gasteiger partial charge < -0.3 is 16.0 Å². The van der Waals surface area contributed by atoms with Crippen molar-refractivity contribution in [2.45, 2.75) is 6.92 Å². The van der Waals surface area contributed by atoms with Crippen LogP contribution in [0.2, 0.25) is 0 Å². The number of nitrogens with two attached hydrogens (primary N) is 1. The van der Waals surface area contributed by atoms with E-state index in [0.29, 0.717) is 0 Å². The van der Waals surface area contributed by atoms with E-state index in [2.05, 4.69) is 46.5 Å². The zero-order valence-corrected chi connectivity index (χ0v) is 13.7. The summed E-state index contributed by atoms with van der Waals surface area (Å²) in [6.07, 6.45) is 0. The van der Waals surface area contributed by atoms with Gasteiger partial charge in [-0.15, -0.1) is 12.4 Å². The summed E-state index contributed by atoms with van der Waals surface area (Å²) < 4.78 is 0. The van der Waals surface area contributed by atoms with Crippen molar-refractivity contribution in [2.24, 2.45) is 4.99 Å². The number of H-pyrrole nitrogens is 1. The first-order chi connectivity index (χ1) is 10.7. The number of aryl methyl sites for hydroxylation is 1. The van der Waals surface area contributed by atoms with Gasteiger partial charge in [0.2, 0.25) is 0 Å². The fourth-order valence-corrected chi connectivity index (χ4v) is 3.09. The molecule has 0 fully saturated rings. The summed E-state index contributed by atoms with van der Waals surface area (Å²) >= 11 is 0. The number of aliphatic imine (C=N–C) groups is 1. The van der Waals surface area contributed by atoms with Crippen LogP contribution >= 0.6 is 12.4 Å². The Kier molecular flexibility index (Phi) is 4.01. The molecule has 4 nitrogen and oxygen atoms in total.